The van der Waals surface area contributed by atoms with Gasteiger partial charge in [0, 0.05) is 52.4 Å². The van der Waals surface area contributed by atoms with Crippen molar-refractivity contribution in [2.75, 3.05) is 39.5 Å². The lowest BCUT2D eigenvalue weighted by Gasteiger charge is -2.45. The van der Waals surface area contributed by atoms with Crippen LogP contribution in [0, 0.1) is 0 Å². The summed E-state index contributed by atoms with van der Waals surface area (Å²) in [6, 6.07) is 0. The molecule has 0 bridgehead atoms. The Labute approximate surface area is 240 Å². The van der Waals surface area contributed by atoms with E-state index in [0.717, 1.165) is 0 Å². The molecule has 15 nitrogen and oxygen atoms in total. The Morgan fingerprint density at radius 1 is 0.634 bits per heavy atom. The van der Waals surface area contributed by atoms with E-state index >= 15 is 0 Å². The summed E-state index contributed by atoms with van der Waals surface area (Å²) in [5.41, 5.74) is 0. The third kappa shape index (κ3) is 11.6. The number of carbonyl (C=O) groups excluding carboxylic acids is 2. The third-order valence-corrected chi connectivity index (χ3v) is 6.90. The number of hydrogen-bond donors (Lipinski definition) is 8. The molecule has 2 heterocycles. The molecule has 2 aliphatic rings. The Morgan fingerprint density at radius 2 is 1.02 bits per heavy atom. The first-order valence-corrected chi connectivity index (χ1v) is 14.3. The smallest absolute Gasteiger partial charge is 0.220 e. The molecule has 15 heteroatoms. The van der Waals surface area contributed by atoms with Gasteiger partial charge in [0.1, 0.15) is 36.6 Å². The van der Waals surface area contributed by atoms with Crippen molar-refractivity contribution in [2.45, 2.75) is 114 Å². The van der Waals surface area contributed by atoms with E-state index in [0.29, 0.717) is 52.4 Å². The normalized spacial score (nSPS) is 33.9. The van der Waals surface area contributed by atoms with Crippen LogP contribution in [0.5, 0.6) is 0 Å². The van der Waals surface area contributed by atoms with Crippen LogP contribution in [-0.2, 0) is 33.3 Å². The number of amides is 2. The van der Waals surface area contributed by atoms with Crippen molar-refractivity contribution in [2.24, 2.45) is 0 Å². The number of carbonyl (C=O) groups is 2. The third-order valence-electron chi connectivity index (χ3n) is 6.90. The maximum absolute atomic E-state index is 12.2. The Morgan fingerprint density at radius 3 is 1.39 bits per heavy atom. The minimum absolute atomic E-state index is 0.0141. The van der Waals surface area contributed by atoms with Crippen molar-refractivity contribution in [3.8, 4) is 0 Å². The fourth-order valence-electron chi connectivity index (χ4n) is 4.48. The molecule has 2 fully saturated rings. The highest BCUT2D eigenvalue weighted by Crippen LogP contribution is 2.30. The van der Waals surface area contributed by atoms with Gasteiger partial charge < -0.3 is 65.0 Å². The van der Waals surface area contributed by atoms with E-state index in [1.807, 2.05) is 13.8 Å². The first-order valence-electron chi connectivity index (χ1n) is 14.3. The molecular weight excluding hydrogens is 548 g/mol. The molecule has 8 N–H and O–H groups in total. The number of ether oxygens (including phenoxy) is 5. The highest BCUT2D eigenvalue weighted by Gasteiger charge is 2.49. The molecule has 2 amide bonds. The summed E-state index contributed by atoms with van der Waals surface area (Å²) < 4.78 is 27.2. The van der Waals surface area contributed by atoms with Gasteiger partial charge in [-0.1, -0.05) is 0 Å². The van der Waals surface area contributed by atoms with Crippen LogP contribution in [0.2, 0.25) is 0 Å². The van der Waals surface area contributed by atoms with Crippen LogP contribution in [0.3, 0.4) is 0 Å². The number of aliphatic hydroxyl groups excluding tert-OH is 6. The fourth-order valence-corrected chi connectivity index (χ4v) is 4.48. The highest BCUT2D eigenvalue weighted by molar-refractivity contribution is 5.76. The number of hydrogen-bond acceptors (Lipinski definition) is 13. The lowest BCUT2D eigenvalue weighted by molar-refractivity contribution is -0.374. The van der Waals surface area contributed by atoms with Crippen LogP contribution in [0.25, 0.3) is 0 Å². The van der Waals surface area contributed by atoms with Crippen LogP contribution in [-0.4, -0.2) is 143 Å². The topological polar surface area (TPSA) is 226 Å². The van der Waals surface area contributed by atoms with Crippen LogP contribution in [0.1, 0.15) is 52.4 Å². The van der Waals surface area contributed by atoms with Crippen molar-refractivity contribution in [1.29, 1.82) is 0 Å². The van der Waals surface area contributed by atoms with Crippen molar-refractivity contribution < 1.29 is 63.9 Å². The van der Waals surface area contributed by atoms with Gasteiger partial charge in [-0.2, -0.15) is 0 Å². The summed E-state index contributed by atoms with van der Waals surface area (Å²) in [4.78, 5) is 24.3. The predicted molar refractivity (Wildman–Crippen MR) is 141 cm³/mol. The van der Waals surface area contributed by atoms with Crippen LogP contribution < -0.4 is 10.6 Å². The monoisotopic (exact) mass is 596 g/mol. The minimum Gasteiger partial charge on any atom is -0.388 e. The fraction of sp³-hybridized carbons (Fsp3) is 0.923. The van der Waals surface area contributed by atoms with E-state index in [1.165, 1.54) is 0 Å². The average Bonchev–Trinajstić information content (AvgIpc) is 2.96. The number of nitrogens with one attached hydrogen (secondary N) is 2. The van der Waals surface area contributed by atoms with Crippen molar-refractivity contribution >= 4 is 11.8 Å². The SMILES string of the molecule is CCOCCCNC(=O)CC[C@H]1O[C@H](OC2O[C@H](CCC(=O)NCCCOCC)[C@@H](O)[C@H](O)[C@H]2O)[C@H](O)[C@H](O)[C@@H]1O. The van der Waals surface area contributed by atoms with Gasteiger partial charge in [-0.15, -0.1) is 0 Å². The molecule has 240 valence electrons. The molecule has 0 saturated carbocycles. The largest absolute Gasteiger partial charge is 0.388 e. The molecule has 2 saturated heterocycles. The molecule has 0 spiro atoms. The molecule has 2 aliphatic heterocycles. The quantitative estimate of drug-likeness (QED) is 0.0753. The first-order chi connectivity index (χ1) is 19.6. The number of rotatable bonds is 18. The second kappa shape index (κ2) is 18.9. The zero-order valence-electron chi connectivity index (χ0n) is 23.8. The summed E-state index contributed by atoms with van der Waals surface area (Å²) in [7, 11) is 0. The van der Waals surface area contributed by atoms with Crippen molar-refractivity contribution in [3.05, 3.63) is 0 Å². The summed E-state index contributed by atoms with van der Waals surface area (Å²) in [5.74, 6) is -0.612. The molecule has 0 aromatic carbocycles. The van der Waals surface area contributed by atoms with E-state index in [4.69, 9.17) is 23.7 Å². The second-order valence-electron chi connectivity index (χ2n) is 10.0. The Bertz CT molecular complexity index is 703. The van der Waals surface area contributed by atoms with Gasteiger partial charge in [-0.25, -0.2) is 0 Å². The van der Waals surface area contributed by atoms with E-state index in [2.05, 4.69) is 10.6 Å². The maximum Gasteiger partial charge on any atom is 0.220 e. The first kappa shape index (κ1) is 35.7. The lowest BCUT2D eigenvalue weighted by Crippen LogP contribution is -2.63. The highest BCUT2D eigenvalue weighted by atomic mass is 16.8. The summed E-state index contributed by atoms with van der Waals surface area (Å²) >= 11 is 0. The molecule has 10 atom stereocenters. The summed E-state index contributed by atoms with van der Waals surface area (Å²) in [5, 5.41) is 67.8. The van der Waals surface area contributed by atoms with Gasteiger partial charge in [-0.05, 0) is 39.5 Å². The molecule has 1 unspecified atom stereocenters. The molecule has 0 radical (unpaired) electrons. The van der Waals surface area contributed by atoms with Gasteiger partial charge in [0.15, 0.2) is 12.6 Å². The summed E-state index contributed by atoms with van der Waals surface area (Å²) in [6.07, 6.45) is -14.3. The molecule has 0 aromatic rings. The summed E-state index contributed by atoms with van der Waals surface area (Å²) in [6.45, 7) is 6.73. The predicted octanol–water partition coefficient (Wildman–Crippen LogP) is -2.74. The molecule has 41 heavy (non-hydrogen) atoms. The number of aliphatic hydroxyl groups is 6. The Balaban J connectivity index is 1.89. The van der Waals surface area contributed by atoms with Crippen LogP contribution >= 0.6 is 0 Å². The minimum atomic E-state index is -1.76. The maximum atomic E-state index is 12.2. The lowest BCUT2D eigenvalue weighted by atomic mass is 9.94. The van der Waals surface area contributed by atoms with Crippen LogP contribution in [0.4, 0.5) is 0 Å². The van der Waals surface area contributed by atoms with Gasteiger partial charge in [-0.3, -0.25) is 9.59 Å². The molecule has 0 aromatic heterocycles. The van der Waals surface area contributed by atoms with E-state index in [9.17, 15) is 40.2 Å². The van der Waals surface area contributed by atoms with E-state index < -0.39 is 61.4 Å². The van der Waals surface area contributed by atoms with Gasteiger partial charge in [0.05, 0.1) is 12.2 Å². The zero-order chi connectivity index (χ0) is 30.4. The molecule has 0 aliphatic carbocycles. The Hall–Kier alpha value is -1.50. The van der Waals surface area contributed by atoms with Crippen LogP contribution in [0.15, 0.2) is 0 Å². The average molecular weight is 597 g/mol. The van der Waals surface area contributed by atoms with Gasteiger partial charge in [0.2, 0.25) is 11.8 Å². The van der Waals surface area contributed by atoms with E-state index in [-0.39, 0.29) is 37.5 Å². The van der Waals surface area contributed by atoms with E-state index in [1.54, 1.807) is 0 Å². The van der Waals surface area contributed by atoms with Gasteiger partial charge >= 0.3 is 0 Å². The standard InChI is InChI=1S/C26H48N2O13/c1-3-37-13-5-11-27-17(29)9-7-15-19(31)21(33)23(35)25(39-15)41-26-24(36)22(34)20(32)16(40-26)8-10-18(30)28-12-6-14-38-4-2/h15-16,19-26,31-36H,3-14H2,1-2H3,(H,27,29)(H,28,30)/t15-,16-,19-,20-,21-,22+,23-,24-,25-,26?/m1/s1. The van der Waals surface area contributed by atoms with Gasteiger partial charge in [0.25, 0.3) is 0 Å². The Kier molecular flexibility index (Phi) is 16.5. The molecular formula is C26H48N2O13. The zero-order valence-corrected chi connectivity index (χ0v) is 23.8. The molecule has 2 rings (SSSR count). The second-order valence-corrected chi connectivity index (χ2v) is 10.0. The van der Waals surface area contributed by atoms with Crippen molar-refractivity contribution in [1.82, 2.24) is 10.6 Å². The van der Waals surface area contributed by atoms with Crippen molar-refractivity contribution in [3.63, 3.8) is 0 Å².